The van der Waals surface area contributed by atoms with Gasteiger partial charge in [0.1, 0.15) is 5.75 Å². The highest BCUT2D eigenvalue weighted by molar-refractivity contribution is 5.81. The van der Waals surface area contributed by atoms with Gasteiger partial charge in [-0.05, 0) is 56.0 Å². The molecule has 0 unspecified atom stereocenters. The van der Waals surface area contributed by atoms with Crippen molar-refractivity contribution in [2.75, 3.05) is 0 Å². The second-order valence-electron chi connectivity index (χ2n) is 5.90. The highest BCUT2D eigenvalue weighted by atomic mass is 16.5. The van der Waals surface area contributed by atoms with E-state index in [1.165, 1.54) is 5.56 Å². The molecule has 0 heterocycles. The first kappa shape index (κ1) is 17.1. The van der Waals surface area contributed by atoms with Gasteiger partial charge in [-0.25, -0.2) is 0 Å². The molecule has 2 atom stereocenters. The molecule has 0 radical (unpaired) electrons. The average molecular weight is 311 g/mol. The third-order valence-electron chi connectivity index (χ3n) is 4.08. The van der Waals surface area contributed by atoms with Gasteiger partial charge in [0, 0.05) is 0 Å². The van der Waals surface area contributed by atoms with E-state index in [0.717, 1.165) is 16.9 Å². The minimum Gasteiger partial charge on any atom is -0.481 e. The Hall–Kier alpha value is -2.29. The summed E-state index contributed by atoms with van der Waals surface area (Å²) in [5.74, 6) is 0.657. The van der Waals surface area contributed by atoms with E-state index in [1.54, 1.807) is 0 Å². The van der Waals surface area contributed by atoms with Gasteiger partial charge >= 0.3 is 0 Å². The van der Waals surface area contributed by atoms with Gasteiger partial charge < -0.3 is 10.1 Å². The fourth-order valence-electron chi connectivity index (χ4n) is 2.41. The summed E-state index contributed by atoms with van der Waals surface area (Å²) in [6.45, 7) is 8.04. The van der Waals surface area contributed by atoms with Gasteiger partial charge in [0.25, 0.3) is 5.91 Å². The minimum absolute atomic E-state index is 0.0406. The average Bonchev–Trinajstić information content (AvgIpc) is 2.56. The van der Waals surface area contributed by atoms with Crippen LogP contribution in [0.15, 0.2) is 48.5 Å². The van der Waals surface area contributed by atoms with Crippen LogP contribution in [0.2, 0.25) is 0 Å². The van der Waals surface area contributed by atoms with E-state index in [9.17, 15) is 4.79 Å². The molecule has 0 saturated heterocycles. The lowest BCUT2D eigenvalue weighted by Crippen LogP contribution is -2.39. The van der Waals surface area contributed by atoms with Crippen LogP contribution in [-0.2, 0) is 4.79 Å². The Morgan fingerprint density at radius 1 is 1.09 bits per heavy atom. The summed E-state index contributed by atoms with van der Waals surface area (Å²) in [7, 11) is 0. The summed E-state index contributed by atoms with van der Waals surface area (Å²) in [6, 6.07) is 15.8. The molecular formula is C20H25NO2. The van der Waals surface area contributed by atoms with Gasteiger partial charge in [-0.3, -0.25) is 4.79 Å². The monoisotopic (exact) mass is 311 g/mol. The maximum Gasteiger partial charge on any atom is 0.261 e. The number of ether oxygens (including phenoxy) is 1. The van der Waals surface area contributed by atoms with Gasteiger partial charge in [-0.1, -0.05) is 43.3 Å². The largest absolute Gasteiger partial charge is 0.481 e. The van der Waals surface area contributed by atoms with Gasteiger partial charge in [0.2, 0.25) is 0 Å². The number of rotatable bonds is 6. The van der Waals surface area contributed by atoms with Gasteiger partial charge in [-0.15, -0.1) is 0 Å². The SMILES string of the molecule is CC[C@@H](Oc1ccc(C)c(C)c1)C(=O)N[C@H](C)c1ccccc1. The third-order valence-corrected chi connectivity index (χ3v) is 4.08. The van der Waals surface area contributed by atoms with Crippen molar-refractivity contribution in [2.24, 2.45) is 0 Å². The van der Waals surface area contributed by atoms with E-state index in [4.69, 9.17) is 4.74 Å². The molecular weight excluding hydrogens is 286 g/mol. The molecule has 0 aliphatic carbocycles. The lowest BCUT2D eigenvalue weighted by Gasteiger charge is -2.21. The van der Waals surface area contributed by atoms with Crippen LogP contribution in [0.1, 0.15) is 43.0 Å². The highest BCUT2D eigenvalue weighted by Gasteiger charge is 2.20. The number of nitrogens with one attached hydrogen (secondary N) is 1. The molecule has 0 spiro atoms. The molecule has 0 aliphatic rings. The van der Waals surface area contributed by atoms with Gasteiger partial charge in [-0.2, -0.15) is 0 Å². The zero-order valence-electron chi connectivity index (χ0n) is 14.3. The molecule has 23 heavy (non-hydrogen) atoms. The molecule has 0 aromatic heterocycles. The highest BCUT2D eigenvalue weighted by Crippen LogP contribution is 2.19. The maximum absolute atomic E-state index is 12.5. The fraction of sp³-hybridized carbons (Fsp3) is 0.350. The predicted octanol–water partition coefficient (Wildman–Crippen LogP) is 4.34. The number of carbonyl (C=O) groups excluding carboxylic acids is 1. The summed E-state index contributed by atoms with van der Waals surface area (Å²) in [4.78, 5) is 12.5. The van der Waals surface area contributed by atoms with Crippen molar-refractivity contribution < 1.29 is 9.53 Å². The zero-order valence-corrected chi connectivity index (χ0v) is 14.3. The van der Waals surface area contributed by atoms with E-state index in [0.29, 0.717) is 6.42 Å². The molecule has 0 fully saturated rings. The van der Waals surface area contributed by atoms with Crippen molar-refractivity contribution in [3.8, 4) is 5.75 Å². The van der Waals surface area contributed by atoms with Crippen molar-refractivity contribution in [3.05, 3.63) is 65.2 Å². The topological polar surface area (TPSA) is 38.3 Å². The number of amides is 1. The van der Waals surface area contributed by atoms with Crippen LogP contribution in [0.3, 0.4) is 0 Å². The second-order valence-corrected chi connectivity index (χ2v) is 5.90. The summed E-state index contributed by atoms with van der Waals surface area (Å²) in [6.07, 6.45) is 0.142. The number of benzene rings is 2. The Morgan fingerprint density at radius 2 is 1.78 bits per heavy atom. The van der Waals surface area contributed by atoms with Crippen molar-refractivity contribution in [1.82, 2.24) is 5.32 Å². The quantitative estimate of drug-likeness (QED) is 0.862. The number of hydrogen-bond acceptors (Lipinski definition) is 2. The summed E-state index contributed by atoms with van der Waals surface area (Å²) < 4.78 is 5.89. The lowest BCUT2D eigenvalue weighted by atomic mass is 10.1. The molecule has 1 amide bonds. The van der Waals surface area contributed by atoms with Crippen LogP contribution in [-0.4, -0.2) is 12.0 Å². The molecule has 2 aromatic carbocycles. The minimum atomic E-state index is -0.483. The Morgan fingerprint density at radius 3 is 2.39 bits per heavy atom. The van der Waals surface area contributed by atoms with Gasteiger partial charge in [0.15, 0.2) is 6.10 Å². The Kier molecular flexibility index (Phi) is 5.80. The first-order valence-electron chi connectivity index (χ1n) is 8.10. The van der Waals surface area contributed by atoms with Crippen molar-refractivity contribution in [3.63, 3.8) is 0 Å². The van der Waals surface area contributed by atoms with Crippen LogP contribution < -0.4 is 10.1 Å². The summed E-state index contributed by atoms with van der Waals surface area (Å²) >= 11 is 0. The first-order valence-corrected chi connectivity index (χ1v) is 8.10. The van der Waals surface area contributed by atoms with E-state index in [2.05, 4.69) is 12.2 Å². The van der Waals surface area contributed by atoms with Crippen molar-refractivity contribution in [1.29, 1.82) is 0 Å². The Labute approximate surface area is 138 Å². The molecule has 1 N–H and O–H groups in total. The summed E-state index contributed by atoms with van der Waals surface area (Å²) in [5.41, 5.74) is 3.46. The zero-order chi connectivity index (χ0) is 16.8. The van der Waals surface area contributed by atoms with Crippen molar-refractivity contribution >= 4 is 5.91 Å². The molecule has 0 bridgehead atoms. The second kappa shape index (κ2) is 7.82. The fourth-order valence-corrected chi connectivity index (χ4v) is 2.41. The van der Waals surface area contributed by atoms with Crippen LogP contribution in [0.5, 0.6) is 5.75 Å². The van der Waals surface area contributed by atoms with Crippen LogP contribution >= 0.6 is 0 Å². The molecule has 122 valence electrons. The van der Waals surface area contributed by atoms with E-state index < -0.39 is 6.10 Å². The molecule has 3 nitrogen and oxygen atoms in total. The van der Waals surface area contributed by atoms with Gasteiger partial charge in [0.05, 0.1) is 6.04 Å². The first-order chi connectivity index (χ1) is 11.0. The van der Waals surface area contributed by atoms with E-state index in [-0.39, 0.29) is 11.9 Å². The lowest BCUT2D eigenvalue weighted by molar-refractivity contribution is -0.128. The number of carbonyl (C=O) groups is 1. The standard InChI is InChI=1S/C20H25NO2/c1-5-19(23-18-12-11-14(2)15(3)13-18)20(22)21-16(4)17-9-7-6-8-10-17/h6-13,16,19H,5H2,1-4H3,(H,21,22)/t16-,19-/m1/s1. The smallest absolute Gasteiger partial charge is 0.261 e. The van der Waals surface area contributed by atoms with E-state index >= 15 is 0 Å². The summed E-state index contributed by atoms with van der Waals surface area (Å²) in [5, 5.41) is 3.03. The van der Waals surface area contributed by atoms with Crippen LogP contribution in [0.4, 0.5) is 0 Å². The van der Waals surface area contributed by atoms with Crippen LogP contribution in [0.25, 0.3) is 0 Å². The Bertz CT molecular complexity index is 652. The van der Waals surface area contributed by atoms with Crippen molar-refractivity contribution in [2.45, 2.75) is 46.3 Å². The molecule has 2 aromatic rings. The Balaban J connectivity index is 2.02. The predicted molar refractivity (Wildman–Crippen MR) is 93.6 cm³/mol. The maximum atomic E-state index is 12.5. The number of hydrogen-bond donors (Lipinski definition) is 1. The molecule has 2 rings (SSSR count). The molecule has 3 heteroatoms. The third kappa shape index (κ3) is 4.59. The molecule has 0 aliphatic heterocycles. The van der Waals surface area contributed by atoms with Crippen LogP contribution in [0, 0.1) is 13.8 Å². The number of aryl methyl sites for hydroxylation is 2. The van der Waals surface area contributed by atoms with E-state index in [1.807, 2.05) is 69.3 Å². The molecule has 0 saturated carbocycles. The normalized spacial score (nSPS) is 13.2.